The first-order chi connectivity index (χ1) is 11.8. The Bertz CT molecular complexity index is 825. The van der Waals surface area contributed by atoms with E-state index in [9.17, 15) is 9.59 Å². The summed E-state index contributed by atoms with van der Waals surface area (Å²) >= 11 is 0. The van der Waals surface area contributed by atoms with Crippen LogP contribution in [0.2, 0.25) is 0 Å². The number of carbonyl (C=O) groups is 1. The second-order valence-corrected chi connectivity index (χ2v) is 7.34. The van der Waals surface area contributed by atoms with Crippen molar-refractivity contribution in [3.05, 3.63) is 34.7 Å². The molecule has 134 valence electrons. The van der Waals surface area contributed by atoms with Crippen molar-refractivity contribution < 1.29 is 14.3 Å². The number of hydrogen-bond donors (Lipinski definition) is 1. The summed E-state index contributed by atoms with van der Waals surface area (Å²) in [7, 11) is 0. The van der Waals surface area contributed by atoms with E-state index >= 15 is 0 Å². The molecule has 1 aliphatic heterocycles. The number of ether oxygens (including phenoxy) is 2. The normalized spacial score (nSPS) is 17.7. The highest BCUT2D eigenvalue weighted by atomic mass is 16.6. The van der Waals surface area contributed by atoms with Crippen LogP contribution < -0.4 is 10.3 Å². The number of aromatic amines is 1. The van der Waals surface area contributed by atoms with E-state index in [2.05, 4.69) is 10.2 Å². The summed E-state index contributed by atoms with van der Waals surface area (Å²) in [5.41, 5.74) is -0.698. The standard InChI is InChI=1S/C18H23N3O4/c1-18(2,3)25-17(23)21-7-6-12(10-21)11-24-14-4-5-15-13(8-14)9-19-20-16(15)22/h4-5,8-9,12H,6-7,10-11H2,1-3H3,(H,20,22)/t12-/m0/s1. The number of amides is 1. The number of likely N-dealkylation sites (tertiary alicyclic amines) is 1. The molecule has 3 rings (SSSR count). The lowest BCUT2D eigenvalue weighted by Gasteiger charge is -2.24. The molecule has 0 radical (unpaired) electrons. The summed E-state index contributed by atoms with van der Waals surface area (Å²) in [5.74, 6) is 0.955. The summed E-state index contributed by atoms with van der Waals surface area (Å²) in [6, 6.07) is 5.31. The van der Waals surface area contributed by atoms with Gasteiger partial charge in [0.2, 0.25) is 0 Å². The van der Waals surface area contributed by atoms with Crippen LogP contribution in [-0.4, -0.2) is 46.5 Å². The molecule has 2 heterocycles. The van der Waals surface area contributed by atoms with Gasteiger partial charge >= 0.3 is 6.09 Å². The molecule has 25 heavy (non-hydrogen) atoms. The lowest BCUT2D eigenvalue weighted by atomic mass is 10.1. The summed E-state index contributed by atoms with van der Waals surface area (Å²) in [6.07, 6.45) is 2.21. The molecular weight excluding hydrogens is 322 g/mol. The van der Waals surface area contributed by atoms with Crippen molar-refractivity contribution >= 4 is 16.9 Å². The van der Waals surface area contributed by atoms with Crippen LogP contribution in [0.3, 0.4) is 0 Å². The first kappa shape index (κ1) is 17.3. The molecule has 1 amide bonds. The summed E-state index contributed by atoms with van der Waals surface area (Å²) < 4.78 is 11.2. The van der Waals surface area contributed by atoms with Gasteiger partial charge < -0.3 is 14.4 Å². The van der Waals surface area contributed by atoms with Crippen LogP contribution in [0.1, 0.15) is 27.2 Å². The van der Waals surface area contributed by atoms with Gasteiger partial charge in [-0.1, -0.05) is 0 Å². The van der Waals surface area contributed by atoms with E-state index in [1.54, 1.807) is 29.3 Å². The van der Waals surface area contributed by atoms with E-state index in [4.69, 9.17) is 9.47 Å². The summed E-state index contributed by atoms with van der Waals surface area (Å²) in [4.78, 5) is 25.5. The van der Waals surface area contributed by atoms with Gasteiger partial charge in [0.15, 0.2) is 0 Å². The average Bonchev–Trinajstić information content (AvgIpc) is 3.00. The van der Waals surface area contributed by atoms with Gasteiger partial charge in [0.1, 0.15) is 11.4 Å². The highest BCUT2D eigenvalue weighted by Crippen LogP contribution is 2.22. The van der Waals surface area contributed by atoms with Crippen molar-refractivity contribution in [3.8, 4) is 5.75 Å². The topological polar surface area (TPSA) is 84.5 Å². The van der Waals surface area contributed by atoms with E-state index in [1.165, 1.54) is 0 Å². The van der Waals surface area contributed by atoms with Crippen LogP contribution in [0.25, 0.3) is 10.8 Å². The van der Waals surface area contributed by atoms with E-state index < -0.39 is 5.60 Å². The molecule has 1 N–H and O–H groups in total. The lowest BCUT2D eigenvalue weighted by molar-refractivity contribution is 0.0285. The molecule has 7 heteroatoms. The molecule has 1 aromatic carbocycles. The Morgan fingerprint density at radius 3 is 2.96 bits per heavy atom. The zero-order valence-electron chi connectivity index (χ0n) is 14.7. The lowest BCUT2D eigenvalue weighted by Crippen LogP contribution is -2.35. The van der Waals surface area contributed by atoms with Gasteiger partial charge in [-0.3, -0.25) is 4.79 Å². The Labute approximate surface area is 145 Å². The third-order valence-corrected chi connectivity index (χ3v) is 4.06. The Hall–Kier alpha value is -2.57. The minimum atomic E-state index is -0.483. The van der Waals surface area contributed by atoms with Gasteiger partial charge in [0.05, 0.1) is 18.2 Å². The van der Waals surface area contributed by atoms with E-state index in [0.717, 1.165) is 11.8 Å². The van der Waals surface area contributed by atoms with Crippen LogP contribution in [0.15, 0.2) is 29.2 Å². The predicted molar refractivity (Wildman–Crippen MR) is 93.8 cm³/mol. The third kappa shape index (κ3) is 4.29. The SMILES string of the molecule is CC(C)(C)OC(=O)N1CC[C@H](COc2ccc3c(=O)[nH]ncc3c2)C1. The molecule has 7 nitrogen and oxygen atoms in total. The Balaban J connectivity index is 1.56. The maximum Gasteiger partial charge on any atom is 0.410 e. The van der Waals surface area contributed by atoms with Crippen LogP contribution in [0, 0.1) is 5.92 Å². The highest BCUT2D eigenvalue weighted by molar-refractivity contribution is 5.81. The number of fused-ring (bicyclic) bond motifs is 1. The van der Waals surface area contributed by atoms with Crippen molar-refractivity contribution in [1.29, 1.82) is 0 Å². The van der Waals surface area contributed by atoms with Gasteiger partial charge in [-0.25, -0.2) is 9.89 Å². The molecule has 1 aliphatic rings. The fourth-order valence-corrected chi connectivity index (χ4v) is 2.84. The molecule has 1 saturated heterocycles. The molecule has 0 unspecified atom stereocenters. The molecule has 0 saturated carbocycles. The summed E-state index contributed by atoms with van der Waals surface area (Å²) in [6.45, 7) is 7.41. The van der Waals surface area contributed by atoms with Gasteiger partial charge in [-0.15, -0.1) is 0 Å². The minimum absolute atomic E-state index is 0.215. The monoisotopic (exact) mass is 345 g/mol. The number of carbonyl (C=O) groups excluding carboxylic acids is 1. The van der Waals surface area contributed by atoms with Crippen LogP contribution >= 0.6 is 0 Å². The first-order valence-electron chi connectivity index (χ1n) is 8.40. The smallest absolute Gasteiger partial charge is 0.410 e. The third-order valence-electron chi connectivity index (χ3n) is 4.06. The van der Waals surface area contributed by atoms with E-state index in [-0.39, 0.29) is 17.6 Å². The minimum Gasteiger partial charge on any atom is -0.493 e. The second kappa shape index (κ2) is 6.74. The number of hydrogen-bond acceptors (Lipinski definition) is 5. The molecule has 1 atom stereocenters. The number of nitrogens with one attached hydrogen (secondary N) is 1. The van der Waals surface area contributed by atoms with Crippen LogP contribution in [0.5, 0.6) is 5.75 Å². The van der Waals surface area contributed by atoms with Gasteiger partial charge in [-0.05, 0) is 45.4 Å². The Morgan fingerprint density at radius 1 is 1.40 bits per heavy atom. The van der Waals surface area contributed by atoms with E-state index in [1.807, 2.05) is 20.8 Å². The van der Waals surface area contributed by atoms with Crippen LogP contribution in [-0.2, 0) is 4.74 Å². The molecule has 0 spiro atoms. The van der Waals surface area contributed by atoms with Crippen molar-refractivity contribution in [3.63, 3.8) is 0 Å². The fourth-order valence-electron chi connectivity index (χ4n) is 2.84. The van der Waals surface area contributed by atoms with E-state index in [0.29, 0.717) is 30.8 Å². The van der Waals surface area contributed by atoms with Crippen molar-refractivity contribution in [2.45, 2.75) is 32.8 Å². The van der Waals surface area contributed by atoms with Crippen molar-refractivity contribution in [1.82, 2.24) is 15.1 Å². The maximum absolute atomic E-state index is 12.1. The predicted octanol–water partition coefficient (Wildman–Crippen LogP) is 2.56. The quantitative estimate of drug-likeness (QED) is 0.924. The molecular formula is C18H23N3O4. The largest absolute Gasteiger partial charge is 0.493 e. The van der Waals surface area contributed by atoms with Gasteiger partial charge in [-0.2, -0.15) is 5.10 Å². The number of aromatic nitrogens is 2. The Morgan fingerprint density at radius 2 is 2.20 bits per heavy atom. The average molecular weight is 345 g/mol. The number of rotatable bonds is 3. The van der Waals surface area contributed by atoms with Gasteiger partial charge in [0.25, 0.3) is 5.56 Å². The number of nitrogens with zero attached hydrogens (tertiary/aromatic N) is 2. The number of benzene rings is 1. The first-order valence-corrected chi connectivity index (χ1v) is 8.40. The van der Waals surface area contributed by atoms with Crippen LogP contribution in [0.4, 0.5) is 4.79 Å². The molecule has 0 aliphatic carbocycles. The highest BCUT2D eigenvalue weighted by Gasteiger charge is 2.30. The fraction of sp³-hybridized carbons (Fsp3) is 0.500. The Kier molecular flexibility index (Phi) is 4.65. The second-order valence-electron chi connectivity index (χ2n) is 7.34. The molecule has 2 aromatic rings. The maximum atomic E-state index is 12.1. The zero-order valence-corrected chi connectivity index (χ0v) is 14.7. The summed E-state index contributed by atoms with van der Waals surface area (Å²) in [5, 5.41) is 7.53. The molecule has 0 bridgehead atoms. The van der Waals surface area contributed by atoms with Gasteiger partial charge in [0, 0.05) is 24.4 Å². The zero-order chi connectivity index (χ0) is 18.0. The van der Waals surface area contributed by atoms with Crippen molar-refractivity contribution in [2.24, 2.45) is 5.92 Å². The molecule has 1 aromatic heterocycles. The number of H-pyrrole nitrogens is 1. The van der Waals surface area contributed by atoms with Crippen molar-refractivity contribution in [2.75, 3.05) is 19.7 Å². The molecule has 1 fully saturated rings.